The molecule has 2 aliphatic rings. The molecule has 21 heavy (non-hydrogen) atoms. The summed E-state index contributed by atoms with van der Waals surface area (Å²) >= 11 is 1.74. The van der Waals surface area contributed by atoms with Gasteiger partial charge in [-0.05, 0) is 37.5 Å². The van der Waals surface area contributed by atoms with Crippen LogP contribution in [0.1, 0.15) is 42.2 Å². The number of hydrogen-bond acceptors (Lipinski definition) is 4. The van der Waals surface area contributed by atoms with E-state index in [1.54, 1.807) is 16.3 Å². The van der Waals surface area contributed by atoms with Gasteiger partial charge in [-0.25, -0.2) is 17.9 Å². The molecule has 2 heterocycles. The lowest BCUT2D eigenvalue weighted by Crippen LogP contribution is -2.38. The second kappa shape index (κ2) is 5.66. The predicted octanol–water partition coefficient (Wildman–Crippen LogP) is 1.70. The van der Waals surface area contributed by atoms with Gasteiger partial charge in [-0.2, -0.15) is 11.8 Å². The summed E-state index contributed by atoms with van der Waals surface area (Å²) < 4.78 is 29.1. The number of hydrogen-bond donors (Lipinski definition) is 2. The van der Waals surface area contributed by atoms with Gasteiger partial charge >= 0.3 is 5.97 Å². The van der Waals surface area contributed by atoms with E-state index in [-0.39, 0.29) is 22.7 Å². The lowest BCUT2D eigenvalue weighted by Gasteiger charge is -2.21. The van der Waals surface area contributed by atoms with Crippen molar-refractivity contribution in [1.29, 1.82) is 0 Å². The molecular weight excluding hydrogens is 312 g/mol. The minimum atomic E-state index is -3.65. The van der Waals surface area contributed by atoms with E-state index in [0.717, 1.165) is 37.2 Å². The smallest absolute Gasteiger partial charge is 0.352 e. The third kappa shape index (κ3) is 3.27. The molecule has 1 aliphatic carbocycles. The maximum atomic E-state index is 12.4. The molecule has 1 aliphatic heterocycles. The topological polar surface area (TPSA) is 88.4 Å². The molecule has 0 radical (unpaired) electrons. The van der Waals surface area contributed by atoms with Crippen LogP contribution >= 0.6 is 11.8 Å². The summed E-state index contributed by atoms with van der Waals surface area (Å²) in [6.07, 6.45) is 5.10. The van der Waals surface area contributed by atoms with Crippen LogP contribution in [0.4, 0.5) is 0 Å². The van der Waals surface area contributed by atoms with Gasteiger partial charge in [0.05, 0.1) is 0 Å². The number of sulfonamides is 1. The summed E-state index contributed by atoms with van der Waals surface area (Å²) in [5, 5.41) is 9.20. The number of rotatable bonds is 5. The third-order valence-electron chi connectivity index (χ3n) is 3.78. The molecule has 2 fully saturated rings. The quantitative estimate of drug-likeness (QED) is 0.858. The number of thioether (sulfide) groups is 1. The minimum Gasteiger partial charge on any atom is -0.477 e. The van der Waals surface area contributed by atoms with Crippen molar-refractivity contribution in [2.24, 2.45) is 0 Å². The number of carboxylic acids is 1. The van der Waals surface area contributed by atoms with E-state index >= 15 is 0 Å². The zero-order chi connectivity index (χ0) is 15.0. The van der Waals surface area contributed by atoms with Gasteiger partial charge in [0.15, 0.2) is 0 Å². The Hall–Kier alpha value is -0.990. The van der Waals surface area contributed by atoms with Gasteiger partial charge in [-0.15, -0.1) is 0 Å². The number of nitrogens with one attached hydrogen (secondary N) is 1. The monoisotopic (exact) mass is 330 g/mol. The summed E-state index contributed by atoms with van der Waals surface area (Å²) in [6, 6.07) is 1.33. The van der Waals surface area contributed by atoms with Crippen LogP contribution in [0.5, 0.6) is 0 Å². The SMILES string of the molecule is O=C(O)c1cc(S(=O)(=O)NC2CCCSC2)cn1C1CC1. The Morgan fingerprint density at radius 1 is 1.38 bits per heavy atom. The lowest BCUT2D eigenvalue weighted by atomic mass is 10.2. The maximum Gasteiger partial charge on any atom is 0.352 e. The molecule has 1 aromatic rings. The Bertz CT molecular complexity index is 643. The summed E-state index contributed by atoms with van der Waals surface area (Å²) in [6.45, 7) is 0. The van der Waals surface area contributed by atoms with E-state index in [1.165, 1.54) is 12.3 Å². The van der Waals surface area contributed by atoms with Crippen LogP contribution in [-0.2, 0) is 10.0 Å². The Kier molecular flexibility index (Phi) is 4.02. The van der Waals surface area contributed by atoms with Gasteiger partial charge in [-0.1, -0.05) is 0 Å². The Labute approximate surface area is 128 Å². The van der Waals surface area contributed by atoms with E-state index < -0.39 is 16.0 Å². The van der Waals surface area contributed by atoms with Crippen molar-refractivity contribution in [3.8, 4) is 0 Å². The minimum absolute atomic E-state index is 0.0518. The lowest BCUT2D eigenvalue weighted by molar-refractivity contribution is 0.0685. The molecular formula is C13H18N2O4S2. The molecule has 1 saturated heterocycles. The van der Waals surface area contributed by atoms with E-state index in [4.69, 9.17) is 0 Å². The molecule has 0 bridgehead atoms. The molecule has 3 rings (SSSR count). The van der Waals surface area contributed by atoms with Crippen LogP contribution in [0.15, 0.2) is 17.2 Å². The van der Waals surface area contributed by atoms with Crippen LogP contribution in [-0.4, -0.2) is 41.6 Å². The molecule has 6 nitrogen and oxygen atoms in total. The first kappa shape index (κ1) is 14.9. The van der Waals surface area contributed by atoms with Gasteiger partial charge in [0, 0.05) is 24.0 Å². The Morgan fingerprint density at radius 2 is 2.14 bits per heavy atom. The molecule has 1 atom stereocenters. The fraction of sp³-hybridized carbons (Fsp3) is 0.615. The van der Waals surface area contributed by atoms with Gasteiger partial charge in [0.25, 0.3) is 0 Å². The zero-order valence-corrected chi connectivity index (χ0v) is 13.1. The molecule has 1 aromatic heterocycles. The number of aromatic nitrogens is 1. The summed E-state index contributed by atoms with van der Waals surface area (Å²) in [5.74, 6) is 0.755. The van der Waals surface area contributed by atoms with Crippen molar-refractivity contribution in [2.75, 3.05) is 11.5 Å². The van der Waals surface area contributed by atoms with Crippen LogP contribution < -0.4 is 4.72 Å². The fourth-order valence-corrected chi connectivity index (χ4v) is 5.02. The number of nitrogens with zero attached hydrogens (tertiary/aromatic N) is 1. The average molecular weight is 330 g/mol. The first-order valence-corrected chi connectivity index (χ1v) is 9.66. The number of carboxylic acid groups (broad SMARTS) is 1. The van der Waals surface area contributed by atoms with E-state index in [2.05, 4.69) is 4.72 Å². The predicted molar refractivity (Wildman–Crippen MR) is 80.3 cm³/mol. The van der Waals surface area contributed by atoms with Crippen molar-refractivity contribution in [3.05, 3.63) is 18.0 Å². The van der Waals surface area contributed by atoms with Gasteiger partial charge in [0.2, 0.25) is 10.0 Å². The van der Waals surface area contributed by atoms with Crippen molar-refractivity contribution >= 4 is 27.8 Å². The number of carbonyl (C=O) groups is 1. The number of aromatic carboxylic acids is 1. The highest BCUT2D eigenvalue weighted by Gasteiger charge is 2.31. The Balaban J connectivity index is 1.84. The van der Waals surface area contributed by atoms with Gasteiger partial charge in [-0.3, -0.25) is 0 Å². The molecule has 0 aromatic carbocycles. The molecule has 1 unspecified atom stereocenters. The van der Waals surface area contributed by atoms with Crippen molar-refractivity contribution < 1.29 is 18.3 Å². The second-order valence-electron chi connectivity index (χ2n) is 5.54. The zero-order valence-electron chi connectivity index (χ0n) is 11.5. The van der Waals surface area contributed by atoms with Crippen LogP contribution in [0.25, 0.3) is 0 Å². The molecule has 1 saturated carbocycles. The second-order valence-corrected chi connectivity index (χ2v) is 8.40. The van der Waals surface area contributed by atoms with Crippen molar-refractivity contribution in [1.82, 2.24) is 9.29 Å². The maximum absolute atomic E-state index is 12.4. The van der Waals surface area contributed by atoms with Gasteiger partial charge < -0.3 is 9.67 Å². The standard InChI is InChI=1S/C13H18N2O4S2/c16-13(17)12-6-11(7-15(12)10-3-4-10)21(18,19)14-9-2-1-5-20-8-9/h6-7,9-10,14H,1-5,8H2,(H,16,17). The first-order chi connectivity index (χ1) is 9.97. The first-order valence-electron chi connectivity index (χ1n) is 7.02. The highest BCUT2D eigenvalue weighted by atomic mass is 32.2. The third-order valence-corrected chi connectivity index (χ3v) is 6.48. The average Bonchev–Trinajstić information content (AvgIpc) is 3.17. The van der Waals surface area contributed by atoms with Crippen molar-refractivity contribution in [3.63, 3.8) is 0 Å². The van der Waals surface area contributed by atoms with Crippen LogP contribution in [0.3, 0.4) is 0 Å². The summed E-state index contributed by atoms with van der Waals surface area (Å²) in [7, 11) is -3.65. The normalized spacial score (nSPS) is 23.1. The Morgan fingerprint density at radius 3 is 2.71 bits per heavy atom. The molecule has 2 N–H and O–H groups in total. The van der Waals surface area contributed by atoms with Gasteiger partial charge in [0.1, 0.15) is 10.6 Å². The van der Waals surface area contributed by atoms with E-state index in [0.29, 0.717) is 0 Å². The van der Waals surface area contributed by atoms with E-state index in [1.807, 2.05) is 0 Å². The molecule has 8 heteroatoms. The molecule has 116 valence electrons. The van der Waals surface area contributed by atoms with Crippen molar-refractivity contribution in [2.45, 2.75) is 42.7 Å². The summed E-state index contributed by atoms with van der Waals surface area (Å²) in [5.41, 5.74) is 0.0518. The summed E-state index contributed by atoms with van der Waals surface area (Å²) in [4.78, 5) is 11.3. The molecule has 0 spiro atoms. The fourth-order valence-electron chi connectivity index (χ4n) is 2.55. The van der Waals surface area contributed by atoms with E-state index in [9.17, 15) is 18.3 Å². The largest absolute Gasteiger partial charge is 0.477 e. The highest BCUT2D eigenvalue weighted by Crippen LogP contribution is 2.37. The molecule has 0 amide bonds. The van der Waals surface area contributed by atoms with Crippen LogP contribution in [0.2, 0.25) is 0 Å². The van der Waals surface area contributed by atoms with Crippen LogP contribution in [0, 0.1) is 0 Å². The highest BCUT2D eigenvalue weighted by molar-refractivity contribution is 7.99.